The molecule has 19 heavy (non-hydrogen) atoms. The van der Waals surface area contributed by atoms with E-state index in [9.17, 15) is 9.90 Å². The Labute approximate surface area is 109 Å². The number of anilines is 1. The smallest absolute Gasteiger partial charge is 0.351 e. The molecule has 0 saturated carbocycles. The first-order valence-corrected chi connectivity index (χ1v) is 5.81. The second kappa shape index (κ2) is 5.55. The van der Waals surface area contributed by atoms with Crippen molar-refractivity contribution < 1.29 is 19.3 Å². The molecule has 0 radical (unpaired) electrons. The molecule has 106 valence electrons. The molecule has 1 saturated heterocycles. The first-order chi connectivity index (χ1) is 9.06. The van der Waals surface area contributed by atoms with Gasteiger partial charge in [0.05, 0.1) is 18.9 Å². The lowest BCUT2D eigenvalue weighted by Gasteiger charge is -2.16. The van der Waals surface area contributed by atoms with Crippen molar-refractivity contribution in [3.8, 4) is 5.75 Å². The summed E-state index contributed by atoms with van der Waals surface area (Å²) in [4.78, 5) is 15.3. The van der Waals surface area contributed by atoms with E-state index in [2.05, 4.69) is 4.98 Å². The van der Waals surface area contributed by atoms with Crippen LogP contribution < -0.4 is 11.4 Å². The van der Waals surface area contributed by atoms with Crippen molar-refractivity contribution in [1.82, 2.24) is 9.55 Å². The van der Waals surface area contributed by atoms with Crippen LogP contribution in [0.1, 0.15) is 12.6 Å². The molecule has 1 aromatic rings. The van der Waals surface area contributed by atoms with Crippen LogP contribution in [0.2, 0.25) is 0 Å². The third-order valence-electron chi connectivity index (χ3n) is 3.09. The van der Waals surface area contributed by atoms with Gasteiger partial charge in [0.15, 0.2) is 11.6 Å². The third-order valence-corrected chi connectivity index (χ3v) is 3.09. The van der Waals surface area contributed by atoms with Crippen LogP contribution in [0.25, 0.3) is 0 Å². The monoisotopic (exact) mass is 271 g/mol. The van der Waals surface area contributed by atoms with Crippen molar-refractivity contribution in [1.29, 1.82) is 0 Å². The molecule has 2 heterocycles. The molecule has 1 aliphatic heterocycles. The largest absolute Gasteiger partial charge is 0.503 e. The van der Waals surface area contributed by atoms with Crippen LogP contribution in [0, 0.1) is 0 Å². The van der Waals surface area contributed by atoms with E-state index in [-0.39, 0.29) is 23.8 Å². The first kappa shape index (κ1) is 13.8. The molecule has 0 amide bonds. The fraction of sp³-hybridized carbons (Fsp3) is 0.636. The number of methoxy groups -OCH3 is 2. The topological polar surface area (TPSA) is 109 Å². The van der Waals surface area contributed by atoms with Gasteiger partial charge in [0.25, 0.3) is 0 Å². The van der Waals surface area contributed by atoms with E-state index in [1.807, 2.05) is 0 Å². The predicted molar refractivity (Wildman–Crippen MR) is 65.8 cm³/mol. The lowest BCUT2D eigenvalue weighted by molar-refractivity contribution is -0.0618. The number of hydrogen-bond donors (Lipinski definition) is 2. The Bertz CT molecular complexity index is 504. The minimum Gasteiger partial charge on any atom is -0.503 e. The Balaban J connectivity index is 2.24. The quantitative estimate of drug-likeness (QED) is 0.758. The average molecular weight is 271 g/mol. The van der Waals surface area contributed by atoms with E-state index in [4.69, 9.17) is 19.9 Å². The van der Waals surface area contributed by atoms with Crippen molar-refractivity contribution in [3.63, 3.8) is 0 Å². The van der Waals surface area contributed by atoms with Crippen LogP contribution in [0.5, 0.6) is 5.75 Å². The fourth-order valence-electron chi connectivity index (χ4n) is 2.11. The Kier molecular flexibility index (Phi) is 4.03. The van der Waals surface area contributed by atoms with Gasteiger partial charge in [0, 0.05) is 20.6 Å². The molecule has 8 heteroatoms. The highest BCUT2D eigenvalue weighted by molar-refractivity contribution is 5.41. The van der Waals surface area contributed by atoms with Crippen LogP contribution in [-0.4, -0.2) is 47.7 Å². The van der Waals surface area contributed by atoms with E-state index in [1.54, 1.807) is 14.2 Å². The molecule has 0 aromatic carbocycles. The Morgan fingerprint density at radius 2 is 2.37 bits per heavy atom. The standard InChI is InChI=1S/C11H17N3O5/c1-17-5-8-7(18-2)3-9(19-8)14-4-6(15)10(12)13-11(14)16/h4,7-9,15H,3,5H2,1-2H3,(H2,12,13,16)/t7?,8-,9-/m1/s1. The average Bonchev–Trinajstić information content (AvgIpc) is 2.77. The van der Waals surface area contributed by atoms with Crippen molar-refractivity contribution >= 4 is 5.82 Å². The lowest BCUT2D eigenvalue weighted by Crippen LogP contribution is -2.28. The first-order valence-electron chi connectivity index (χ1n) is 5.81. The summed E-state index contributed by atoms with van der Waals surface area (Å²) < 4.78 is 17.2. The molecule has 1 fully saturated rings. The zero-order chi connectivity index (χ0) is 14.0. The number of nitrogens with two attached hydrogens (primary N) is 1. The normalized spacial score (nSPS) is 26.7. The van der Waals surface area contributed by atoms with E-state index >= 15 is 0 Å². The number of nitrogen functional groups attached to an aromatic ring is 1. The molecular weight excluding hydrogens is 254 g/mol. The van der Waals surface area contributed by atoms with Gasteiger partial charge in [-0.25, -0.2) is 4.79 Å². The van der Waals surface area contributed by atoms with E-state index in [1.165, 1.54) is 10.8 Å². The van der Waals surface area contributed by atoms with Gasteiger partial charge < -0.3 is 25.1 Å². The van der Waals surface area contributed by atoms with Gasteiger partial charge >= 0.3 is 5.69 Å². The second-order valence-corrected chi connectivity index (χ2v) is 4.30. The van der Waals surface area contributed by atoms with Crippen LogP contribution >= 0.6 is 0 Å². The molecule has 3 atom stereocenters. The molecule has 1 unspecified atom stereocenters. The van der Waals surface area contributed by atoms with Gasteiger partial charge in [0.1, 0.15) is 12.3 Å². The maximum absolute atomic E-state index is 11.7. The maximum atomic E-state index is 11.7. The molecule has 3 N–H and O–H groups in total. The summed E-state index contributed by atoms with van der Waals surface area (Å²) in [5, 5.41) is 9.52. The summed E-state index contributed by atoms with van der Waals surface area (Å²) in [5.41, 5.74) is 4.78. The molecule has 0 aliphatic carbocycles. The third kappa shape index (κ3) is 2.70. The van der Waals surface area contributed by atoms with Gasteiger partial charge in [-0.05, 0) is 0 Å². The number of rotatable bonds is 4. The van der Waals surface area contributed by atoms with Crippen molar-refractivity contribution in [2.45, 2.75) is 24.9 Å². The highest BCUT2D eigenvalue weighted by Gasteiger charge is 2.37. The zero-order valence-electron chi connectivity index (χ0n) is 10.8. The summed E-state index contributed by atoms with van der Waals surface area (Å²) in [7, 11) is 3.13. The van der Waals surface area contributed by atoms with Crippen LogP contribution in [0.15, 0.2) is 11.0 Å². The molecule has 0 bridgehead atoms. The molecule has 2 rings (SSSR count). The van der Waals surface area contributed by atoms with Crippen molar-refractivity contribution in [2.24, 2.45) is 0 Å². The molecule has 1 aromatic heterocycles. The summed E-state index contributed by atoms with van der Waals surface area (Å²) in [6, 6.07) is 0. The van der Waals surface area contributed by atoms with Crippen LogP contribution in [0.4, 0.5) is 5.82 Å². The van der Waals surface area contributed by atoms with E-state index in [0.717, 1.165) is 0 Å². The lowest BCUT2D eigenvalue weighted by atomic mass is 10.2. The Morgan fingerprint density at radius 1 is 1.63 bits per heavy atom. The predicted octanol–water partition coefficient (Wildman–Crippen LogP) is -0.520. The SMILES string of the molecule is COC[C@H]1O[C@@H](n2cc(O)c(N)nc2=O)CC1OC. The number of ether oxygens (including phenoxy) is 3. The fourth-order valence-corrected chi connectivity index (χ4v) is 2.11. The summed E-state index contributed by atoms with van der Waals surface area (Å²) in [5.74, 6) is -0.455. The highest BCUT2D eigenvalue weighted by Crippen LogP contribution is 2.30. The minimum absolute atomic E-state index is 0.184. The second-order valence-electron chi connectivity index (χ2n) is 4.30. The van der Waals surface area contributed by atoms with Gasteiger partial charge in [-0.2, -0.15) is 4.98 Å². The highest BCUT2D eigenvalue weighted by atomic mass is 16.6. The molecule has 8 nitrogen and oxygen atoms in total. The van der Waals surface area contributed by atoms with Gasteiger partial charge in [-0.3, -0.25) is 4.57 Å². The van der Waals surface area contributed by atoms with E-state index in [0.29, 0.717) is 13.0 Å². The van der Waals surface area contributed by atoms with Crippen LogP contribution in [-0.2, 0) is 14.2 Å². The number of hydrogen-bond acceptors (Lipinski definition) is 7. The number of nitrogens with zero attached hydrogens (tertiary/aromatic N) is 2. The summed E-state index contributed by atoms with van der Waals surface area (Å²) >= 11 is 0. The van der Waals surface area contributed by atoms with Crippen molar-refractivity contribution in [2.75, 3.05) is 26.6 Å². The maximum Gasteiger partial charge on any atom is 0.351 e. The minimum atomic E-state index is -0.576. The zero-order valence-corrected chi connectivity index (χ0v) is 10.8. The van der Waals surface area contributed by atoms with Crippen LogP contribution in [0.3, 0.4) is 0 Å². The number of aromatic nitrogens is 2. The molecule has 1 aliphatic rings. The Hall–Kier alpha value is -1.64. The number of aromatic hydroxyl groups is 1. The Morgan fingerprint density at radius 3 is 3.00 bits per heavy atom. The van der Waals surface area contributed by atoms with E-state index < -0.39 is 11.9 Å². The van der Waals surface area contributed by atoms with Crippen molar-refractivity contribution in [3.05, 3.63) is 16.7 Å². The summed E-state index contributed by atoms with van der Waals surface area (Å²) in [6.07, 6.45) is 0.673. The molecular formula is C11H17N3O5. The van der Waals surface area contributed by atoms with Gasteiger partial charge in [0.2, 0.25) is 0 Å². The summed E-state index contributed by atoms with van der Waals surface area (Å²) in [6.45, 7) is 0.359. The molecule has 0 spiro atoms. The van der Waals surface area contributed by atoms with Gasteiger partial charge in [-0.1, -0.05) is 0 Å². The van der Waals surface area contributed by atoms with Gasteiger partial charge in [-0.15, -0.1) is 0 Å².